The Morgan fingerprint density at radius 3 is 2.14 bits per heavy atom. The zero-order valence-corrected chi connectivity index (χ0v) is 22.0. The van der Waals surface area contributed by atoms with Gasteiger partial charge >= 0.3 is 12.1 Å². The number of esters is 1. The topological polar surface area (TPSA) is 126 Å². The average Bonchev–Trinajstić information content (AvgIpc) is 2.81. The van der Waals surface area contributed by atoms with Crippen LogP contribution in [0.25, 0.3) is 0 Å². The minimum atomic E-state index is -0.709. The minimum absolute atomic E-state index is 0.120. The number of ether oxygens (including phenoxy) is 4. The molecule has 2 rings (SSSR count). The summed E-state index contributed by atoms with van der Waals surface area (Å²) in [4.78, 5) is 36.0. The number of nitro benzene ring substituents is 1. The predicted molar refractivity (Wildman–Crippen MR) is 134 cm³/mol. The molecule has 0 unspecified atom stereocenters. The third kappa shape index (κ3) is 9.39. The van der Waals surface area contributed by atoms with Gasteiger partial charge in [0.2, 0.25) is 0 Å². The largest absolute Gasteiger partial charge is 0.456 e. The summed E-state index contributed by atoms with van der Waals surface area (Å²) in [7, 11) is 0. The molecule has 1 aliphatic rings. The molecule has 202 valence electrons. The van der Waals surface area contributed by atoms with Crippen LogP contribution < -0.4 is 5.32 Å². The van der Waals surface area contributed by atoms with Crippen molar-refractivity contribution in [2.45, 2.75) is 103 Å². The second-order valence-electron chi connectivity index (χ2n) is 9.95. The number of hydrogen-bond acceptors (Lipinski definition) is 8. The zero-order valence-electron chi connectivity index (χ0n) is 22.0. The van der Waals surface area contributed by atoms with E-state index in [1.165, 1.54) is 24.3 Å². The highest BCUT2D eigenvalue weighted by atomic mass is 16.6. The first-order valence-electron chi connectivity index (χ1n) is 12.7. The Morgan fingerprint density at radius 1 is 1.00 bits per heavy atom. The Kier molecular flexibility index (Phi) is 11.6. The van der Waals surface area contributed by atoms with Crippen LogP contribution in [0.4, 0.5) is 10.5 Å². The van der Waals surface area contributed by atoms with Gasteiger partial charge in [-0.3, -0.25) is 10.1 Å². The molecule has 1 aliphatic carbocycles. The van der Waals surface area contributed by atoms with E-state index in [1.807, 2.05) is 0 Å². The van der Waals surface area contributed by atoms with Crippen LogP contribution in [-0.2, 0) is 18.9 Å². The highest BCUT2D eigenvalue weighted by Crippen LogP contribution is 2.29. The van der Waals surface area contributed by atoms with Gasteiger partial charge in [-0.2, -0.15) is 0 Å². The normalized spacial score (nSPS) is 22.0. The van der Waals surface area contributed by atoms with E-state index in [0.717, 1.165) is 25.7 Å². The molecule has 0 aromatic heterocycles. The summed E-state index contributed by atoms with van der Waals surface area (Å²) in [6, 6.07) is 4.51. The molecule has 4 atom stereocenters. The van der Waals surface area contributed by atoms with Crippen LogP contribution >= 0.6 is 0 Å². The lowest BCUT2D eigenvalue weighted by Gasteiger charge is -2.42. The van der Waals surface area contributed by atoms with E-state index in [4.69, 9.17) is 18.9 Å². The molecule has 1 aromatic carbocycles. The predicted octanol–water partition coefficient (Wildman–Crippen LogP) is 5.18. The summed E-state index contributed by atoms with van der Waals surface area (Å²) >= 11 is 0. The number of hydrogen-bond donors (Lipinski definition) is 1. The maximum Gasteiger partial charge on any atom is 0.408 e. The summed E-state index contributed by atoms with van der Waals surface area (Å²) in [5.74, 6) is -0.636. The minimum Gasteiger partial charge on any atom is -0.456 e. The van der Waals surface area contributed by atoms with Crippen molar-refractivity contribution < 1.29 is 33.5 Å². The summed E-state index contributed by atoms with van der Waals surface area (Å²) in [6.07, 6.45) is 2.56. The Hall–Kier alpha value is -2.72. The molecule has 36 heavy (non-hydrogen) atoms. The molecular formula is C26H40N2O8. The fraction of sp³-hybridized carbons (Fsp3) is 0.692. The maximum absolute atomic E-state index is 12.9. The summed E-state index contributed by atoms with van der Waals surface area (Å²) in [6.45, 7) is 10.5. The van der Waals surface area contributed by atoms with Crippen molar-refractivity contribution >= 4 is 17.7 Å². The molecule has 10 heteroatoms. The standard InChI is InChI=1S/C26H40N2O8/c1-6-8-16-33-21-15-14-20(35-24(29)18-10-12-19(13-11-18)28(31)32)22(23(21)34-17-9-7-2)27-25(30)36-26(3,4)5/h10-13,20-23H,6-9,14-17H2,1-5H3,(H,27,30)/t20-,21-,22+,23+/m1/s1. The number of nitrogens with zero attached hydrogens (tertiary/aromatic N) is 1. The molecule has 0 bridgehead atoms. The van der Waals surface area contributed by atoms with Crippen molar-refractivity contribution in [1.82, 2.24) is 5.32 Å². The van der Waals surface area contributed by atoms with E-state index >= 15 is 0 Å². The number of carbonyl (C=O) groups is 2. The van der Waals surface area contributed by atoms with E-state index < -0.39 is 40.8 Å². The number of alkyl carbamates (subject to hydrolysis) is 1. The summed E-state index contributed by atoms with van der Waals surface area (Å²) < 4.78 is 23.6. The van der Waals surface area contributed by atoms with Gasteiger partial charge in [0.05, 0.1) is 22.6 Å². The number of unbranched alkanes of at least 4 members (excludes halogenated alkanes) is 2. The van der Waals surface area contributed by atoms with Gasteiger partial charge in [-0.1, -0.05) is 26.7 Å². The summed E-state index contributed by atoms with van der Waals surface area (Å²) in [5.41, 5.74) is -0.647. The molecule has 1 fully saturated rings. The zero-order chi connectivity index (χ0) is 26.7. The van der Waals surface area contributed by atoms with Crippen LogP contribution in [0, 0.1) is 10.1 Å². The Labute approximate surface area is 213 Å². The van der Waals surface area contributed by atoms with Gasteiger partial charge < -0.3 is 24.3 Å². The number of carbonyl (C=O) groups excluding carboxylic acids is 2. The van der Waals surface area contributed by atoms with Crippen LogP contribution in [0.15, 0.2) is 24.3 Å². The number of benzene rings is 1. The van der Waals surface area contributed by atoms with Gasteiger partial charge in [0.15, 0.2) is 0 Å². The van der Waals surface area contributed by atoms with Gasteiger partial charge in [-0.15, -0.1) is 0 Å². The Bertz CT molecular complexity index is 852. The molecule has 0 radical (unpaired) electrons. The number of nitro groups is 1. The van der Waals surface area contributed by atoms with Crippen LogP contribution in [0.2, 0.25) is 0 Å². The monoisotopic (exact) mass is 508 g/mol. The van der Waals surface area contributed by atoms with Gasteiger partial charge in [0.1, 0.15) is 17.8 Å². The quantitative estimate of drug-likeness (QED) is 0.177. The highest BCUT2D eigenvalue weighted by Gasteiger charge is 2.44. The van der Waals surface area contributed by atoms with Gasteiger partial charge in [-0.05, 0) is 58.6 Å². The van der Waals surface area contributed by atoms with E-state index in [-0.39, 0.29) is 17.4 Å². The highest BCUT2D eigenvalue weighted by molar-refractivity contribution is 5.89. The van der Waals surface area contributed by atoms with Crippen molar-refractivity contribution in [3.8, 4) is 0 Å². The fourth-order valence-electron chi connectivity index (χ4n) is 3.92. The maximum atomic E-state index is 12.9. The fourth-order valence-corrected chi connectivity index (χ4v) is 3.92. The van der Waals surface area contributed by atoms with Gasteiger partial charge in [-0.25, -0.2) is 9.59 Å². The lowest BCUT2D eigenvalue weighted by atomic mass is 9.86. The van der Waals surface area contributed by atoms with Crippen LogP contribution in [0.1, 0.15) is 83.5 Å². The van der Waals surface area contributed by atoms with Gasteiger partial charge in [0, 0.05) is 25.3 Å². The van der Waals surface area contributed by atoms with E-state index in [0.29, 0.717) is 26.1 Å². The van der Waals surface area contributed by atoms with E-state index in [2.05, 4.69) is 19.2 Å². The van der Waals surface area contributed by atoms with E-state index in [1.54, 1.807) is 20.8 Å². The molecular weight excluding hydrogens is 468 g/mol. The van der Waals surface area contributed by atoms with Crippen LogP contribution in [-0.4, -0.2) is 60.2 Å². The van der Waals surface area contributed by atoms with Crippen molar-refractivity contribution in [3.05, 3.63) is 39.9 Å². The molecule has 0 spiro atoms. The van der Waals surface area contributed by atoms with Crippen LogP contribution in [0.3, 0.4) is 0 Å². The van der Waals surface area contributed by atoms with Crippen molar-refractivity contribution in [3.63, 3.8) is 0 Å². The Balaban J connectivity index is 2.26. The first-order valence-corrected chi connectivity index (χ1v) is 12.7. The van der Waals surface area contributed by atoms with Gasteiger partial charge in [0.25, 0.3) is 5.69 Å². The smallest absolute Gasteiger partial charge is 0.408 e. The SMILES string of the molecule is CCCCO[C@@H]1[C@@H](NC(=O)OC(C)(C)C)[C@H](OC(=O)c2ccc([N+](=O)[O-])cc2)CC[C@H]1OCCCC. The first-order chi connectivity index (χ1) is 17.1. The number of non-ortho nitro benzene ring substituents is 1. The van der Waals surface area contributed by atoms with E-state index in [9.17, 15) is 19.7 Å². The first kappa shape index (κ1) is 29.5. The molecule has 0 saturated heterocycles. The lowest BCUT2D eigenvalue weighted by Crippen LogP contribution is -2.61. The molecule has 0 aliphatic heterocycles. The molecule has 1 N–H and O–H groups in total. The molecule has 10 nitrogen and oxygen atoms in total. The molecule has 1 amide bonds. The average molecular weight is 509 g/mol. The summed E-state index contributed by atoms with van der Waals surface area (Å²) in [5, 5.41) is 13.8. The Morgan fingerprint density at radius 2 is 1.58 bits per heavy atom. The number of rotatable bonds is 12. The third-order valence-electron chi connectivity index (χ3n) is 5.75. The lowest BCUT2D eigenvalue weighted by molar-refractivity contribution is -0.384. The number of amides is 1. The molecule has 0 heterocycles. The number of nitrogens with one attached hydrogen (secondary N) is 1. The van der Waals surface area contributed by atoms with Crippen molar-refractivity contribution in [2.75, 3.05) is 13.2 Å². The molecule has 1 saturated carbocycles. The van der Waals surface area contributed by atoms with Crippen LogP contribution in [0.5, 0.6) is 0 Å². The third-order valence-corrected chi connectivity index (χ3v) is 5.75. The second-order valence-corrected chi connectivity index (χ2v) is 9.95. The van der Waals surface area contributed by atoms with Crippen molar-refractivity contribution in [2.24, 2.45) is 0 Å². The van der Waals surface area contributed by atoms with Crippen molar-refractivity contribution in [1.29, 1.82) is 0 Å². The molecule has 1 aromatic rings. The second kappa shape index (κ2) is 14.1.